The molecule has 0 saturated carbocycles. The van der Waals surface area contributed by atoms with Gasteiger partial charge in [0, 0.05) is 17.6 Å². The van der Waals surface area contributed by atoms with Gasteiger partial charge in [-0.3, -0.25) is 4.68 Å². The molecule has 2 aromatic carbocycles. The van der Waals surface area contributed by atoms with Gasteiger partial charge in [0.25, 0.3) is 0 Å². The molecule has 1 heterocycles. The van der Waals surface area contributed by atoms with Crippen LogP contribution in [0.4, 0.5) is 13.2 Å². The van der Waals surface area contributed by atoms with E-state index in [0.29, 0.717) is 0 Å². The van der Waals surface area contributed by atoms with Gasteiger partial charge in [0.05, 0.1) is 16.8 Å². The second-order valence-electron chi connectivity index (χ2n) is 5.34. The van der Waals surface area contributed by atoms with Crippen LogP contribution in [-0.4, -0.2) is 14.9 Å². The quantitative estimate of drug-likeness (QED) is 0.695. The number of aromatic nitrogens is 2. The molecule has 0 aliphatic heterocycles. The Balaban J connectivity index is 2.24. The summed E-state index contributed by atoms with van der Waals surface area (Å²) in [7, 11) is 1.44. The van der Waals surface area contributed by atoms with E-state index in [2.05, 4.69) is 5.10 Å². The highest BCUT2D eigenvalue weighted by Gasteiger charge is 2.28. The molecule has 0 fully saturated rings. The third-order valence-corrected chi connectivity index (χ3v) is 4.38. The smallest absolute Gasteiger partial charge is 0.157 e. The first-order valence-electron chi connectivity index (χ1n) is 7.11. The van der Waals surface area contributed by atoms with Crippen LogP contribution in [0.1, 0.15) is 17.2 Å². The van der Waals surface area contributed by atoms with Crippen LogP contribution in [0.5, 0.6) is 0 Å². The lowest BCUT2D eigenvalue weighted by atomic mass is 9.98. The van der Waals surface area contributed by atoms with Gasteiger partial charge in [-0.2, -0.15) is 5.10 Å². The van der Waals surface area contributed by atoms with E-state index in [4.69, 9.17) is 23.2 Å². The second-order valence-corrected chi connectivity index (χ2v) is 6.11. The van der Waals surface area contributed by atoms with Crippen LogP contribution >= 0.6 is 23.2 Å². The third kappa shape index (κ3) is 3.13. The van der Waals surface area contributed by atoms with Crippen LogP contribution in [0, 0.1) is 17.5 Å². The fourth-order valence-electron chi connectivity index (χ4n) is 2.65. The van der Waals surface area contributed by atoms with Gasteiger partial charge < -0.3 is 5.11 Å². The molecule has 1 N–H and O–H groups in total. The predicted molar refractivity (Wildman–Crippen MR) is 89.0 cm³/mol. The molecule has 1 atom stereocenters. The Morgan fingerprint density at radius 1 is 1.08 bits per heavy atom. The zero-order valence-corrected chi connectivity index (χ0v) is 14.3. The summed E-state index contributed by atoms with van der Waals surface area (Å²) < 4.78 is 42.8. The van der Waals surface area contributed by atoms with Crippen LogP contribution in [-0.2, 0) is 7.05 Å². The Kier molecular flexibility index (Phi) is 4.77. The lowest BCUT2D eigenvalue weighted by Gasteiger charge is -2.15. The van der Waals surface area contributed by atoms with Crippen molar-refractivity contribution in [1.29, 1.82) is 0 Å². The van der Waals surface area contributed by atoms with Gasteiger partial charge in [0.2, 0.25) is 0 Å². The molecule has 1 aromatic heterocycles. The van der Waals surface area contributed by atoms with Crippen LogP contribution in [0.3, 0.4) is 0 Å². The molecule has 1 unspecified atom stereocenters. The van der Waals surface area contributed by atoms with Gasteiger partial charge in [0.15, 0.2) is 5.15 Å². The van der Waals surface area contributed by atoms with E-state index in [1.807, 2.05) is 0 Å². The lowest BCUT2D eigenvalue weighted by Crippen LogP contribution is -2.06. The van der Waals surface area contributed by atoms with Crippen molar-refractivity contribution < 1.29 is 18.3 Å². The minimum Gasteiger partial charge on any atom is -0.383 e. The fourth-order valence-corrected chi connectivity index (χ4v) is 3.23. The predicted octanol–water partition coefficient (Wildman–Crippen LogP) is 4.89. The maximum absolute atomic E-state index is 14.2. The summed E-state index contributed by atoms with van der Waals surface area (Å²) >= 11 is 12.1. The number of rotatable bonds is 3. The van der Waals surface area contributed by atoms with Crippen molar-refractivity contribution in [2.45, 2.75) is 6.10 Å². The molecule has 0 aliphatic rings. The lowest BCUT2D eigenvalue weighted by molar-refractivity contribution is 0.221. The number of halogens is 5. The molecule has 3 nitrogen and oxygen atoms in total. The number of aliphatic hydroxyl groups excluding tert-OH is 1. The maximum atomic E-state index is 14.2. The first kappa shape index (κ1) is 17.8. The van der Waals surface area contributed by atoms with E-state index in [9.17, 15) is 18.3 Å². The molecule has 0 amide bonds. The Labute approximate surface area is 151 Å². The number of hydrogen-bond acceptors (Lipinski definition) is 2. The summed E-state index contributed by atoms with van der Waals surface area (Å²) in [5, 5.41) is 14.4. The summed E-state index contributed by atoms with van der Waals surface area (Å²) in [6, 6.07) is 6.79. The molecule has 8 heteroatoms. The van der Waals surface area contributed by atoms with Crippen molar-refractivity contribution >= 4 is 23.2 Å². The minimum atomic E-state index is -1.46. The normalized spacial score (nSPS) is 12.4. The molecular weight excluding hydrogens is 376 g/mol. The molecule has 0 radical (unpaired) electrons. The van der Waals surface area contributed by atoms with Crippen molar-refractivity contribution in [2.75, 3.05) is 0 Å². The van der Waals surface area contributed by atoms with Crippen molar-refractivity contribution in [3.63, 3.8) is 0 Å². The first-order chi connectivity index (χ1) is 11.8. The number of hydrogen-bond donors (Lipinski definition) is 1. The van der Waals surface area contributed by atoms with Crippen molar-refractivity contribution in [1.82, 2.24) is 9.78 Å². The van der Waals surface area contributed by atoms with Crippen LogP contribution in [0.2, 0.25) is 10.2 Å². The van der Waals surface area contributed by atoms with E-state index in [0.717, 1.165) is 24.3 Å². The maximum Gasteiger partial charge on any atom is 0.157 e. The minimum absolute atomic E-state index is 0.0262. The second kappa shape index (κ2) is 6.71. The van der Waals surface area contributed by atoms with Gasteiger partial charge in [-0.1, -0.05) is 35.3 Å². The highest BCUT2D eigenvalue weighted by molar-refractivity contribution is 6.32. The molecule has 0 saturated heterocycles. The van der Waals surface area contributed by atoms with Gasteiger partial charge in [-0.25, -0.2) is 13.2 Å². The molecular formula is C17H11Cl2F3N2O. The number of benzene rings is 2. The molecule has 0 aliphatic carbocycles. The molecule has 0 spiro atoms. The standard InChI is InChI=1S/C17H11Cl2F3N2O/c1-24-15(13-11(21)3-2-4-12(13)22)14(17(19)23-24)16(25)9-6-5-8(20)7-10(9)18/h2-7,16,25H,1H3. The third-order valence-electron chi connectivity index (χ3n) is 3.77. The zero-order chi connectivity index (χ0) is 18.3. The van der Waals surface area contributed by atoms with Crippen LogP contribution < -0.4 is 0 Å². The molecule has 25 heavy (non-hydrogen) atoms. The zero-order valence-electron chi connectivity index (χ0n) is 12.8. The highest BCUT2D eigenvalue weighted by Crippen LogP contribution is 2.40. The first-order valence-corrected chi connectivity index (χ1v) is 7.86. The largest absolute Gasteiger partial charge is 0.383 e. The molecule has 0 bridgehead atoms. The molecule has 130 valence electrons. The average Bonchev–Trinajstić information content (AvgIpc) is 2.81. The average molecular weight is 387 g/mol. The topological polar surface area (TPSA) is 38.0 Å². The Bertz CT molecular complexity index is 939. The molecule has 3 rings (SSSR count). The van der Waals surface area contributed by atoms with E-state index in [1.165, 1.54) is 23.9 Å². The number of aliphatic hydroxyl groups is 1. The summed E-state index contributed by atoms with van der Waals surface area (Å²) in [6.45, 7) is 0. The fraction of sp³-hybridized carbons (Fsp3) is 0.118. The Morgan fingerprint density at radius 2 is 1.72 bits per heavy atom. The SMILES string of the molecule is Cn1nc(Cl)c(C(O)c2ccc(F)cc2Cl)c1-c1c(F)cccc1F. The van der Waals surface area contributed by atoms with Gasteiger partial charge in [-0.15, -0.1) is 0 Å². The van der Waals surface area contributed by atoms with Crippen LogP contribution in [0.15, 0.2) is 36.4 Å². The van der Waals surface area contributed by atoms with E-state index < -0.39 is 23.6 Å². The summed E-state index contributed by atoms with van der Waals surface area (Å²) in [5.41, 5.74) is -0.303. The van der Waals surface area contributed by atoms with Gasteiger partial charge in [-0.05, 0) is 24.3 Å². The van der Waals surface area contributed by atoms with Crippen molar-refractivity contribution in [2.24, 2.45) is 7.05 Å². The molecule has 3 aromatic rings. The van der Waals surface area contributed by atoms with Crippen molar-refractivity contribution in [3.05, 3.63) is 75.2 Å². The van der Waals surface area contributed by atoms with E-state index >= 15 is 0 Å². The van der Waals surface area contributed by atoms with Crippen LogP contribution in [0.25, 0.3) is 11.3 Å². The number of aryl methyl sites for hydroxylation is 1. The number of nitrogens with zero attached hydrogens (tertiary/aromatic N) is 2. The Hall–Kier alpha value is -2.02. The van der Waals surface area contributed by atoms with Crippen molar-refractivity contribution in [3.8, 4) is 11.3 Å². The van der Waals surface area contributed by atoms with E-state index in [-0.39, 0.29) is 32.6 Å². The van der Waals surface area contributed by atoms with E-state index in [1.54, 1.807) is 0 Å². The summed E-state index contributed by atoms with van der Waals surface area (Å²) in [4.78, 5) is 0. The van der Waals surface area contributed by atoms with Gasteiger partial charge in [0.1, 0.15) is 23.6 Å². The summed E-state index contributed by atoms with van der Waals surface area (Å²) in [6.07, 6.45) is -1.46. The van der Waals surface area contributed by atoms with Gasteiger partial charge >= 0.3 is 0 Å². The highest BCUT2D eigenvalue weighted by atomic mass is 35.5. The Morgan fingerprint density at radius 3 is 2.32 bits per heavy atom. The summed E-state index contributed by atoms with van der Waals surface area (Å²) in [5.74, 6) is -2.25. The monoisotopic (exact) mass is 386 g/mol.